The molecule has 1 N–H and O–H groups in total. The molecule has 3 aromatic rings. The van der Waals surface area contributed by atoms with Crippen molar-refractivity contribution in [2.24, 2.45) is 0 Å². The van der Waals surface area contributed by atoms with E-state index < -0.39 is 11.5 Å². The lowest BCUT2D eigenvalue weighted by molar-refractivity contribution is -0.136. The van der Waals surface area contributed by atoms with Gasteiger partial charge in [0.2, 0.25) is 0 Å². The topological polar surface area (TPSA) is 71.7 Å². The van der Waals surface area contributed by atoms with E-state index in [2.05, 4.69) is 4.98 Å². The van der Waals surface area contributed by atoms with Crippen molar-refractivity contribution >= 4 is 46.0 Å². The molecule has 0 spiro atoms. The summed E-state index contributed by atoms with van der Waals surface area (Å²) in [5, 5.41) is 10.5. The van der Waals surface area contributed by atoms with Crippen molar-refractivity contribution in [3.8, 4) is 0 Å². The second kappa shape index (κ2) is 6.36. The zero-order chi connectivity index (χ0) is 16.4. The Morgan fingerprint density at radius 1 is 1.30 bits per heavy atom. The van der Waals surface area contributed by atoms with Gasteiger partial charge in [-0.2, -0.15) is 0 Å². The number of carboxylic acid groups (broad SMARTS) is 1. The monoisotopic (exact) mass is 346 g/mol. The van der Waals surface area contributed by atoms with Crippen molar-refractivity contribution < 1.29 is 9.90 Å². The second-order valence-corrected chi connectivity index (χ2v) is 5.99. The molecule has 0 aliphatic rings. The van der Waals surface area contributed by atoms with Crippen molar-refractivity contribution in [1.82, 2.24) is 9.38 Å². The minimum Gasteiger partial charge on any atom is -0.481 e. The number of aliphatic carboxylic acids is 1. The molecule has 0 atom stereocenters. The first-order valence-electron chi connectivity index (χ1n) is 6.70. The first kappa shape index (κ1) is 15.5. The summed E-state index contributed by atoms with van der Waals surface area (Å²) in [5.74, 6) is -1.01. The summed E-state index contributed by atoms with van der Waals surface area (Å²) < 4.78 is 1.25. The summed E-state index contributed by atoms with van der Waals surface area (Å²) in [6.07, 6.45) is 3.24. The molecule has 1 aromatic carbocycles. The Morgan fingerprint density at radius 2 is 2.04 bits per heavy atom. The molecule has 116 valence electrons. The van der Waals surface area contributed by atoms with Gasteiger partial charge in [0, 0.05) is 11.1 Å². The van der Waals surface area contributed by atoms with Gasteiger partial charge in [-0.15, -0.1) is 11.3 Å². The highest BCUT2D eigenvalue weighted by Crippen LogP contribution is 2.19. The van der Waals surface area contributed by atoms with Crippen LogP contribution < -0.4 is 5.56 Å². The molecule has 0 fully saturated rings. The van der Waals surface area contributed by atoms with E-state index in [1.54, 1.807) is 11.5 Å². The van der Waals surface area contributed by atoms with Crippen LogP contribution in [0.15, 0.2) is 40.5 Å². The summed E-state index contributed by atoms with van der Waals surface area (Å²) in [6.45, 7) is 0. The molecule has 0 saturated carbocycles. The normalized spacial score (nSPS) is 11.3. The van der Waals surface area contributed by atoms with Crippen molar-refractivity contribution in [2.75, 3.05) is 0 Å². The highest BCUT2D eigenvalue weighted by atomic mass is 35.5. The van der Waals surface area contributed by atoms with E-state index in [0.717, 1.165) is 5.56 Å². The minimum absolute atomic E-state index is 0.0280. The Hall–Kier alpha value is -2.44. The lowest BCUT2D eigenvalue weighted by Crippen LogP contribution is -2.19. The number of nitrogens with zero attached hydrogens (tertiary/aromatic N) is 2. The van der Waals surface area contributed by atoms with Gasteiger partial charge < -0.3 is 5.11 Å². The maximum Gasteiger partial charge on any atom is 0.309 e. The van der Waals surface area contributed by atoms with E-state index in [-0.39, 0.29) is 11.4 Å². The van der Waals surface area contributed by atoms with Crippen LogP contribution in [0.2, 0.25) is 5.02 Å². The summed E-state index contributed by atoms with van der Waals surface area (Å²) >= 11 is 7.32. The van der Waals surface area contributed by atoms with Crippen LogP contribution in [0.1, 0.15) is 17.0 Å². The highest BCUT2D eigenvalue weighted by Gasteiger charge is 2.15. The third-order valence-corrected chi connectivity index (χ3v) is 4.41. The molecule has 2 aromatic heterocycles. The van der Waals surface area contributed by atoms with E-state index in [1.165, 1.54) is 15.7 Å². The zero-order valence-corrected chi connectivity index (χ0v) is 13.3. The first-order valence-corrected chi connectivity index (χ1v) is 7.95. The van der Waals surface area contributed by atoms with Gasteiger partial charge in [0.05, 0.1) is 12.1 Å². The predicted molar refractivity (Wildman–Crippen MR) is 91.1 cm³/mol. The third kappa shape index (κ3) is 3.18. The number of thiazole rings is 1. The van der Waals surface area contributed by atoms with E-state index in [1.807, 2.05) is 36.4 Å². The van der Waals surface area contributed by atoms with Crippen LogP contribution in [0.5, 0.6) is 0 Å². The molecule has 0 radical (unpaired) electrons. The first-order chi connectivity index (χ1) is 11.1. The molecule has 0 unspecified atom stereocenters. The molecule has 0 bridgehead atoms. The minimum atomic E-state index is -1.01. The highest BCUT2D eigenvalue weighted by molar-refractivity contribution is 7.15. The molecule has 0 amide bonds. The van der Waals surface area contributed by atoms with Crippen LogP contribution in [0, 0.1) is 0 Å². The average molecular weight is 347 g/mol. The standard InChI is InChI=1S/C16H11ClN2O3S/c17-14-12(7-6-10-4-2-1-3-5-10)18-16-19(15(14)22)11(9-23-16)8-13(20)21/h1-7,9H,8H2,(H,20,21). The zero-order valence-electron chi connectivity index (χ0n) is 11.8. The second-order valence-electron chi connectivity index (χ2n) is 4.78. The Balaban J connectivity index is 2.07. The third-order valence-electron chi connectivity index (χ3n) is 3.18. The number of rotatable bonds is 4. The van der Waals surface area contributed by atoms with Gasteiger partial charge in [-0.25, -0.2) is 4.98 Å². The van der Waals surface area contributed by atoms with Crippen molar-refractivity contribution in [3.05, 3.63) is 68.0 Å². The smallest absolute Gasteiger partial charge is 0.309 e. The molecular weight excluding hydrogens is 336 g/mol. The van der Waals surface area contributed by atoms with Gasteiger partial charge in [-0.3, -0.25) is 14.0 Å². The van der Waals surface area contributed by atoms with Gasteiger partial charge in [0.15, 0.2) is 4.96 Å². The van der Waals surface area contributed by atoms with E-state index in [4.69, 9.17) is 16.7 Å². The number of carbonyl (C=O) groups is 1. The van der Waals surface area contributed by atoms with Gasteiger partial charge in [-0.05, 0) is 11.6 Å². The van der Waals surface area contributed by atoms with Crippen molar-refractivity contribution in [2.45, 2.75) is 6.42 Å². The van der Waals surface area contributed by atoms with Gasteiger partial charge in [-0.1, -0.05) is 48.0 Å². The number of hydrogen-bond donors (Lipinski definition) is 1. The van der Waals surface area contributed by atoms with Gasteiger partial charge >= 0.3 is 5.97 Å². The van der Waals surface area contributed by atoms with Crippen LogP contribution in [0.4, 0.5) is 0 Å². The SMILES string of the molecule is O=C(O)Cc1csc2nc(C=Cc3ccccc3)c(Cl)c(=O)n12. The lowest BCUT2D eigenvalue weighted by atomic mass is 10.2. The Bertz CT molecular complexity index is 961. The lowest BCUT2D eigenvalue weighted by Gasteiger charge is -2.02. The number of hydrogen-bond acceptors (Lipinski definition) is 4. The molecular formula is C16H11ClN2O3S. The molecule has 23 heavy (non-hydrogen) atoms. The maximum atomic E-state index is 12.4. The van der Waals surface area contributed by atoms with Crippen LogP contribution in [-0.4, -0.2) is 20.5 Å². The summed E-state index contributed by atoms with van der Waals surface area (Å²) in [6, 6.07) is 9.57. The molecule has 5 nitrogen and oxygen atoms in total. The Morgan fingerprint density at radius 3 is 2.74 bits per heavy atom. The average Bonchev–Trinajstić information content (AvgIpc) is 2.92. The van der Waals surface area contributed by atoms with E-state index in [0.29, 0.717) is 16.3 Å². The molecule has 2 heterocycles. The Kier molecular flexibility index (Phi) is 4.27. The molecule has 7 heteroatoms. The fraction of sp³-hybridized carbons (Fsp3) is 0.0625. The fourth-order valence-electron chi connectivity index (χ4n) is 2.13. The number of fused-ring (bicyclic) bond motifs is 1. The summed E-state index contributed by atoms with van der Waals surface area (Å²) in [7, 11) is 0. The maximum absolute atomic E-state index is 12.4. The van der Waals surface area contributed by atoms with Gasteiger partial charge in [0.1, 0.15) is 5.02 Å². The molecule has 0 aliphatic carbocycles. The largest absolute Gasteiger partial charge is 0.481 e. The number of carboxylic acids is 1. The molecule has 3 rings (SSSR count). The van der Waals surface area contributed by atoms with E-state index in [9.17, 15) is 9.59 Å². The Labute approximate surface area is 140 Å². The van der Waals surface area contributed by atoms with Crippen LogP contribution in [0.25, 0.3) is 17.1 Å². The molecule has 0 saturated heterocycles. The molecule has 0 aliphatic heterocycles. The van der Waals surface area contributed by atoms with Crippen molar-refractivity contribution in [3.63, 3.8) is 0 Å². The number of halogens is 1. The van der Waals surface area contributed by atoms with Gasteiger partial charge in [0.25, 0.3) is 5.56 Å². The van der Waals surface area contributed by atoms with Crippen LogP contribution >= 0.6 is 22.9 Å². The fourth-order valence-corrected chi connectivity index (χ4v) is 3.20. The number of benzene rings is 1. The van der Waals surface area contributed by atoms with E-state index >= 15 is 0 Å². The van der Waals surface area contributed by atoms with Crippen molar-refractivity contribution in [1.29, 1.82) is 0 Å². The summed E-state index contributed by atoms with van der Waals surface area (Å²) in [4.78, 5) is 28.0. The van der Waals surface area contributed by atoms with Crippen LogP contribution in [-0.2, 0) is 11.2 Å². The quantitative estimate of drug-likeness (QED) is 0.787. The summed E-state index contributed by atoms with van der Waals surface area (Å²) in [5.41, 5.74) is 1.24. The van der Waals surface area contributed by atoms with Crippen LogP contribution in [0.3, 0.4) is 0 Å². The predicted octanol–water partition coefficient (Wildman–Crippen LogP) is 3.21. The number of aromatic nitrogens is 2.